The van der Waals surface area contributed by atoms with Crippen molar-refractivity contribution in [3.05, 3.63) is 111 Å². The Morgan fingerprint density at radius 1 is 1.00 bits per heavy atom. The number of hydrogen-bond acceptors (Lipinski definition) is 8. The van der Waals surface area contributed by atoms with Crippen molar-refractivity contribution in [2.24, 2.45) is 7.05 Å². The Bertz CT molecular complexity index is 2280. The van der Waals surface area contributed by atoms with Crippen LogP contribution in [0.15, 0.2) is 65.6 Å². The van der Waals surface area contributed by atoms with Gasteiger partial charge in [-0.2, -0.15) is 0 Å². The van der Waals surface area contributed by atoms with Gasteiger partial charge in [-0.25, -0.2) is 23.4 Å². The highest BCUT2D eigenvalue weighted by Crippen LogP contribution is 2.28. The van der Waals surface area contributed by atoms with E-state index in [0.717, 1.165) is 43.5 Å². The summed E-state index contributed by atoms with van der Waals surface area (Å²) >= 11 is 0. The summed E-state index contributed by atoms with van der Waals surface area (Å²) in [5.41, 5.74) is 2.64. The number of nitrogens with one attached hydrogen (secondary N) is 3. The van der Waals surface area contributed by atoms with Gasteiger partial charge in [0.15, 0.2) is 11.6 Å². The van der Waals surface area contributed by atoms with Crippen LogP contribution in [0.25, 0.3) is 10.9 Å². The van der Waals surface area contributed by atoms with E-state index in [2.05, 4.69) is 49.7 Å². The predicted molar refractivity (Wildman–Crippen MR) is 193 cm³/mol. The van der Waals surface area contributed by atoms with E-state index in [1.807, 2.05) is 6.07 Å². The molecule has 3 aromatic carbocycles. The number of fused-ring (bicyclic) bond motifs is 1. The normalized spacial score (nSPS) is 13.3. The number of benzene rings is 3. The molecule has 12 nitrogen and oxygen atoms in total. The summed E-state index contributed by atoms with van der Waals surface area (Å²) in [7, 11) is 5.23. The number of nitrogens with zero attached hydrogens (tertiary/aromatic N) is 5. The minimum Gasteiger partial charge on any atom is -0.495 e. The fourth-order valence-electron chi connectivity index (χ4n) is 6.02. The summed E-state index contributed by atoms with van der Waals surface area (Å²) in [6.45, 7) is 3.48. The van der Waals surface area contributed by atoms with Gasteiger partial charge in [0.05, 0.1) is 31.4 Å². The van der Waals surface area contributed by atoms with Gasteiger partial charge in [0.25, 0.3) is 17.4 Å². The molecule has 1 fully saturated rings. The summed E-state index contributed by atoms with van der Waals surface area (Å²) in [5, 5.41) is 9.70. The van der Waals surface area contributed by atoms with Crippen LogP contribution in [0.3, 0.4) is 0 Å². The van der Waals surface area contributed by atoms with E-state index in [0.29, 0.717) is 45.3 Å². The van der Waals surface area contributed by atoms with Crippen LogP contribution in [0.5, 0.6) is 5.75 Å². The highest BCUT2D eigenvalue weighted by molar-refractivity contribution is 5.96. The molecule has 6 rings (SSSR count). The Labute approximate surface area is 298 Å². The van der Waals surface area contributed by atoms with Gasteiger partial charge in [-0.15, -0.1) is 0 Å². The first kappa shape index (κ1) is 35.7. The van der Waals surface area contributed by atoms with Gasteiger partial charge >= 0.3 is 0 Å². The maximum atomic E-state index is 13.7. The second kappa shape index (κ2) is 15.4. The van der Waals surface area contributed by atoms with Gasteiger partial charge in [0.1, 0.15) is 11.3 Å². The number of rotatable bonds is 9. The number of carbonyl (C=O) groups is 2. The average molecular weight is 709 g/mol. The second-order valence-corrected chi connectivity index (χ2v) is 12.6. The number of halogens is 2. The van der Waals surface area contributed by atoms with E-state index in [1.165, 1.54) is 22.5 Å². The number of likely N-dealkylation sites (tertiary alicyclic amines) is 1. The van der Waals surface area contributed by atoms with E-state index < -0.39 is 23.1 Å². The van der Waals surface area contributed by atoms with Crippen molar-refractivity contribution < 1.29 is 23.1 Å². The zero-order chi connectivity index (χ0) is 36.9. The number of methoxy groups -OCH3 is 1. The molecule has 0 unspecified atom stereocenters. The van der Waals surface area contributed by atoms with Gasteiger partial charge in [0.2, 0.25) is 5.95 Å². The molecule has 0 bridgehead atoms. The smallest absolute Gasteiger partial charge is 0.280 e. The third-order valence-electron chi connectivity index (χ3n) is 9.11. The standard InChI is InChI=1S/C38H38F2N8O4/c1-23-34(37(51)48(47(23)3)22-25-7-10-29(39)30(40)19-25)36(50)41-15-5-6-24-8-11-31-27(18-24)21-42-38(44-31)45-32-12-9-26(20-33(32)52-4)35(49)43-28-13-16-46(2)17-14-28/h7-12,18-21,28H,13-17,22H2,1-4H3,(H,41,50)(H,43,49)(H,42,44,45). The predicted octanol–water partition coefficient (Wildman–Crippen LogP) is 4.12. The first-order valence-corrected chi connectivity index (χ1v) is 16.7. The van der Waals surface area contributed by atoms with E-state index >= 15 is 0 Å². The first-order chi connectivity index (χ1) is 25.0. The summed E-state index contributed by atoms with van der Waals surface area (Å²) < 4.78 is 35.4. The van der Waals surface area contributed by atoms with Gasteiger partial charge in [-0.05, 0) is 94.0 Å². The Hall–Kier alpha value is -6.07. The fourth-order valence-corrected chi connectivity index (χ4v) is 6.02. The van der Waals surface area contributed by atoms with Gasteiger partial charge < -0.3 is 25.6 Å². The number of anilines is 2. The molecule has 3 N–H and O–H groups in total. The third-order valence-corrected chi connectivity index (χ3v) is 9.11. The maximum Gasteiger partial charge on any atom is 0.280 e. The third kappa shape index (κ3) is 7.95. The number of hydrogen-bond donors (Lipinski definition) is 3. The van der Waals surface area contributed by atoms with Crippen molar-refractivity contribution in [1.29, 1.82) is 0 Å². The molecule has 3 heterocycles. The first-order valence-electron chi connectivity index (χ1n) is 16.7. The van der Waals surface area contributed by atoms with Crippen LogP contribution >= 0.6 is 0 Å². The van der Waals surface area contributed by atoms with E-state index in [9.17, 15) is 23.2 Å². The minimum atomic E-state index is -1.02. The lowest BCUT2D eigenvalue weighted by molar-refractivity contribution is 0.0915. The van der Waals surface area contributed by atoms with Crippen molar-refractivity contribution >= 4 is 34.4 Å². The van der Waals surface area contributed by atoms with Crippen molar-refractivity contribution in [1.82, 2.24) is 34.9 Å². The summed E-state index contributed by atoms with van der Waals surface area (Å²) in [6.07, 6.45) is 3.49. The molecule has 0 atom stereocenters. The number of aromatic nitrogens is 4. The van der Waals surface area contributed by atoms with Gasteiger partial charge in [0, 0.05) is 41.5 Å². The molecule has 14 heteroatoms. The van der Waals surface area contributed by atoms with Crippen LogP contribution in [-0.2, 0) is 13.6 Å². The van der Waals surface area contributed by atoms with E-state index in [-0.39, 0.29) is 30.6 Å². The molecule has 268 valence electrons. The molecule has 52 heavy (non-hydrogen) atoms. The van der Waals surface area contributed by atoms with Crippen LogP contribution in [0, 0.1) is 30.4 Å². The number of amides is 2. The number of carbonyl (C=O) groups excluding carboxylic acids is 2. The molecule has 0 spiro atoms. The van der Waals surface area contributed by atoms with Gasteiger partial charge in [-0.3, -0.25) is 19.1 Å². The molecule has 0 aliphatic carbocycles. The molecule has 0 saturated carbocycles. The summed E-state index contributed by atoms with van der Waals surface area (Å²) in [6, 6.07) is 14.2. The lowest BCUT2D eigenvalue weighted by Crippen LogP contribution is -2.43. The Balaban J connectivity index is 1.07. The summed E-state index contributed by atoms with van der Waals surface area (Å²) in [4.78, 5) is 50.2. The zero-order valence-electron chi connectivity index (χ0n) is 29.2. The second-order valence-electron chi connectivity index (χ2n) is 12.6. The maximum absolute atomic E-state index is 13.7. The monoisotopic (exact) mass is 708 g/mol. The van der Waals surface area contributed by atoms with Crippen molar-refractivity contribution in [2.45, 2.75) is 32.4 Å². The largest absolute Gasteiger partial charge is 0.495 e. The highest BCUT2D eigenvalue weighted by Gasteiger charge is 2.22. The van der Waals surface area contributed by atoms with Crippen LogP contribution in [0.1, 0.15) is 50.4 Å². The van der Waals surface area contributed by atoms with Crippen molar-refractivity contribution in [3.63, 3.8) is 0 Å². The molecule has 0 radical (unpaired) electrons. The zero-order valence-corrected chi connectivity index (χ0v) is 29.2. The lowest BCUT2D eigenvalue weighted by atomic mass is 10.0. The van der Waals surface area contributed by atoms with E-state index in [1.54, 1.807) is 50.5 Å². The number of piperidine rings is 1. The van der Waals surface area contributed by atoms with Crippen molar-refractivity contribution in [3.8, 4) is 17.6 Å². The highest BCUT2D eigenvalue weighted by atomic mass is 19.2. The lowest BCUT2D eigenvalue weighted by Gasteiger charge is -2.29. The van der Waals surface area contributed by atoms with Crippen LogP contribution in [0.2, 0.25) is 0 Å². The fraction of sp³-hybridized carbons (Fsp3) is 0.289. The average Bonchev–Trinajstić information content (AvgIpc) is 3.35. The molecule has 5 aromatic rings. The molecule has 1 saturated heterocycles. The number of ether oxygens (including phenoxy) is 1. The molecule has 1 aliphatic heterocycles. The Kier molecular flexibility index (Phi) is 10.6. The van der Waals surface area contributed by atoms with Crippen molar-refractivity contribution in [2.75, 3.05) is 39.1 Å². The van der Waals surface area contributed by atoms with E-state index in [4.69, 9.17) is 4.74 Å². The Morgan fingerprint density at radius 3 is 2.54 bits per heavy atom. The molecular weight excluding hydrogens is 670 g/mol. The SMILES string of the molecule is COc1cc(C(=O)NC2CCN(C)CC2)ccc1Nc1ncc2cc(C#CCNC(=O)c3c(C)n(C)n(Cc4ccc(F)c(F)c4)c3=O)ccc2n1. The molecule has 2 amide bonds. The molecular formula is C38H38F2N8O4. The van der Waals surface area contributed by atoms with Crippen LogP contribution in [-0.4, -0.2) is 75.9 Å². The Morgan fingerprint density at radius 2 is 1.79 bits per heavy atom. The quantitative estimate of drug-likeness (QED) is 0.195. The van der Waals surface area contributed by atoms with Crippen LogP contribution in [0.4, 0.5) is 20.4 Å². The summed E-state index contributed by atoms with van der Waals surface area (Å²) in [5.74, 6) is 3.99. The topological polar surface area (TPSA) is 135 Å². The van der Waals surface area contributed by atoms with Gasteiger partial charge in [-0.1, -0.05) is 17.9 Å². The van der Waals surface area contributed by atoms with Crippen LogP contribution < -0.4 is 26.2 Å². The minimum absolute atomic E-state index is 0.0202. The molecule has 2 aromatic heterocycles. The molecule has 1 aliphatic rings.